The zero-order chi connectivity index (χ0) is 15.4. The molecule has 0 radical (unpaired) electrons. The van der Waals surface area contributed by atoms with Gasteiger partial charge in [-0.05, 0) is 30.7 Å². The molecule has 1 heterocycles. The van der Waals surface area contributed by atoms with Gasteiger partial charge in [-0.15, -0.1) is 5.10 Å². The molecular formula is C14H17BrN4OS. The van der Waals surface area contributed by atoms with Crippen LogP contribution in [0.3, 0.4) is 0 Å². The molecule has 0 spiro atoms. The van der Waals surface area contributed by atoms with Crippen molar-refractivity contribution in [3.63, 3.8) is 0 Å². The summed E-state index contributed by atoms with van der Waals surface area (Å²) in [6.07, 6.45) is 0. The van der Waals surface area contributed by atoms with Gasteiger partial charge in [-0.2, -0.15) is 0 Å². The van der Waals surface area contributed by atoms with Crippen LogP contribution in [0.2, 0.25) is 0 Å². The van der Waals surface area contributed by atoms with E-state index >= 15 is 0 Å². The fourth-order valence-corrected chi connectivity index (χ4v) is 2.75. The van der Waals surface area contributed by atoms with Crippen LogP contribution in [-0.2, 0) is 4.79 Å². The second-order valence-electron chi connectivity index (χ2n) is 4.95. The number of carbonyl (C=O) groups is 1. The van der Waals surface area contributed by atoms with Crippen molar-refractivity contribution in [1.82, 2.24) is 15.2 Å². The molecule has 0 aliphatic rings. The molecular weight excluding hydrogens is 352 g/mol. The van der Waals surface area contributed by atoms with Gasteiger partial charge >= 0.3 is 0 Å². The number of hydrogen-bond acceptors (Lipinski definition) is 4. The minimum absolute atomic E-state index is 0.0682. The molecule has 1 aromatic carbocycles. The van der Waals surface area contributed by atoms with Crippen LogP contribution in [0.1, 0.15) is 31.2 Å². The van der Waals surface area contributed by atoms with Crippen molar-refractivity contribution in [3.05, 3.63) is 34.1 Å². The first-order valence-electron chi connectivity index (χ1n) is 6.57. The fraction of sp³-hybridized carbons (Fsp3) is 0.357. The number of H-pyrrole nitrogens is 1. The van der Waals surface area contributed by atoms with Crippen LogP contribution in [0.5, 0.6) is 0 Å². The van der Waals surface area contributed by atoms with Crippen LogP contribution in [0, 0.1) is 6.92 Å². The Hall–Kier alpha value is -1.34. The Labute approximate surface area is 136 Å². The number of nitrogens with zero attached hydrogens (tertiary/aromatic N) is 2. The summed E-state index contributed by atoms with van der Waals surface area (Å²) in [7, 11) is 0. The van der Waals surface area contributed by atoms with Crippen LogP contribution in [-0.4, -0.2) is 26.8 Å². The van der Waals surface area contributed by atoms with Crippen molar-refractivity contribution in [3.8, 4) is 0 Å². The Morgan fingerprint density at radius 1 is 1.48 bits per heavy atom. The second kappa shape index (κ2) is 7.09. The third-order valence-corrected chi connectivity index (χ3v) is 4.16. The summed E-state index contributed by atoms with van der Waals surface area (Å²) >= 11 is 4.72. The lowest BCUT2D eigenvalue weighted by Gasteiger charge is -2.07. The van der Waals surface area contributed by atoms with E-state index < -0.39 is 0 Å². The van der Waals surface area contributed by atoms with E-state index in [1.807, 2.05) is 39.0 Å². The van der Waals surface area contributed by atoms with E-state index in [-0.39, 0.29) is 11.7 Å². The number of halogens is 1. The first kappa shape index (κ1) is 16.0. The van der Waals surface area contributed by atoms with Crippen LogP contribution in [0.15, 0.2) is 27.8 Å². The molecule has 2 N–H and O–H groups in total. The number of thioether (sulfide) groups is 1. The summed E-state index contributed by atoms with van der Waals surface area (Å²) in [6, 6.07) is 5.75. The third kappa shape index (κ3) is 4.57. The Balaban J connectivity index is 1.89. The number of nitrogens with one attached hydrogen (secondary N) is 2. The van der Waals surface area contributed by atoms with Crippen molar-refractivity contribution < 1.29 is 4.79 Å². The number of benzene rings is 1. The Morgan fingerprint density at radius 2 is 2.24 bits per heavy atom. The molecule has 0 unspecified atom stereocenters. The van der Waals surface area contributed by atoms with Gasteiger partial charge in [-0.3, -0.25) is 9.89 Å². The third-order valence-electron chi connectivity index (χ3n) is 2.82. The maximum atomic E-state index is 12.0. The molecule has 1 amide bonds. The average molecular weight is 369 g/mol. The van der Waals surface area contributed by atoms with Gasteiger partial charge in [0.2, 0.25) is 11.1 Å². The molecule has 0 fully saturated rings. The maximum Gasteiger partial charge on any atom is 0.234 e. The highest BCUT2D eigenvalue weighted by molar-refractivity contribution is 9.10. The van der Waals surface area contributed by atoms with Crippen molar-refractivity contribution in [2.24, 2.45) is 0 Å². The normalized spacial score (nSPS) is 10.9. The number of aromatic amines is 1. The quantitative estimate of drug-likeness (QED) is 0.788. The second-order valence-corrected chi connectivity index (χ2v) is 6.81. The number of hydrogen-bond donors (Lipinski definition) is 2. The lowest BCUT2D eigenvalue weighted by Crippen LogP contribution is -2.14. The highest BCUT2D eigenvalue weighted by atomic mass is 79.9. The van der Waals surface area contributed by atoms with Crippen LogP contribution < -0.4 is 5.32 Å². The van der Waals surface area contributed by atoms with Crippen molar-refractivity contribution in [2.75, 3.05) is 11.1 Å². The van der Waals surface area contributed by atoms with Gasteiger partial charge in [0.1, 0.15) is 5.82 Å². The molecule has 112 valence electrons. The summed E-state index contributed by atoms with van der Waals surface area (Å²) in [5.41, 5.74) is 1.84. The Kier molecular flexibility index (Phi) is 5.41. The van der Waals surface area contributed by atoms with Gasteiger partial charge in [0, 0.05) is 16.1 Å². The lowest BCUT2D eigenvalue weighted by atomic mass is 10.2. The number of amides is 1. The van der Waals surface area contributed by atoms with Gasteiger partial charge in [0.25, 0.3) is 0 Å². The average Bonchev–Trinajstić information content (AvgIpc) is 2.89. The highest BCUT2D eigenvalue weighted by Gasteiger charge is 2.10. The van der Waals surface area contributed by atoms with E-state index in [2.05, 4.69) is 36.4 Å². The molecule has 0 saturated heterocycles. The Morgan fingerprint density at radius 3 is 2.86 bits per heavy atom. The highest BCUT2D eigenvalue weighted by Crippen LogP contribution is 2.21. The molecule has 2 aromatic rings. The number of rotatable bonds is 5. The molecule has 5 nitrogen and oxygen atoms in total. The predicted molar refractivity (Wildman–Crippen MR) is 88.7 cm³/mol. The minimum Gasteiger partial charge on any atom is -0.325 e. The number of anilines is 1. The van der Waals surface area contributed by atoms with Crippen molar-refractivity contribution >= 4 is 39.3 Å². The van der Waals surface area contributed by atoms with E-state index in [9.17, 15) is 4.79 Å². The summed E-state index contributed by atoms with van der Waals surface area (Å²) in [5.74, 6) is 1.35. The molecule has 0 bridgehead atoms. The monoisotopic (exact) mass is 368 g/mol. The van der Waals surface area contributed by atoms with Gasteiger partial charge in [0.05, 0.1) is 5.75 Å². The van der Waals surface area contributed by atoms with E-state index in [4.69, 9.17) is 0 Å². The summed E-state index contributed by atoms with van der Waals surface area (Å²) in [5, 5.41) is 10.5. The van der Waals surface area contributed by atoms with Crippen molar-refractivity contribution in [1.29, 1.82) is 0 Å². The van der Waals surface area contributed by atoms with Gasteiger partial charge in [0.15, 0.2) is 0 Å². The predicted octanol–water partition coefficient (Wildman–Crippen LogP) is 3.73. The van der Waals surface area contributed by atoms with E-state index in [1.165, 1.54) is 11.8 Å². The zero-order valence-electron chi connectivity index (χ0n) is 12.1. The molecule has 2 rings (SSSR count). The Bertz CT molecular complexity index is 642. The molecule has 0 aliphatic carbocycles. The van der Waals surface area contributed by atoms with Gasteiger partial charge in [-0.25, -0.2) is 4.98 Å². The number of aryl methyl sites for hydroxylation is 1. The molecule has 7 heteroatoms. The molecule has 0 saturated carbocycles. The van der Waals surface area contributed by atoms with Crippen LogP contribution >= 0.6 is 27.7 Å². The molecule has 0 aliphatic heterocycles. The summed E-state index contributed by atoms with van der Waals surface area (Å²) in [4.78, 5) is 16.3. The lowest BCUT2D eigenvalue weighted by molar-refractivity contribution is -0.113. The topological polar surface area (TPSA) is 70.7 Å². The minimum atomic E-state index is -0.0682. The smallest absolute Gasteiger partial charge is 0.234 e. The molecule has 1 aromatic heterocycles. The maximum absolute atomic E-state index is 12.0. The van der Waals surface area contributed by atoms with E-state index in [0.29, 0.717) is 11.1 Å². The number of carbonyl (C=O) groups excluding carboxylic acids is 1. The number of aromatic nitrogens is 3. The van der Waals surface area contributed by atoms with E-state index in [0.717, 1.165) is 21.5 Å². The summed E-state index contributed by atoms with van der Waals surface area (Å²) in [6.45, 7) is 6.04. The molecule has 0 atom stereocenters. The van der Waals surface area contributed by atoms with Gasteiger partial charge < -0.3 is 5.32 Å². The summed E-state index contributed by atoms with van der Waals surface area (Å²) < 4.78 is 0.995. The van der Waals surface area contributed by atoms with Crippen molar-refractivity contribution in [2.45, 2.75) is 31.8 Å². The van der Waals surface area contributed by atoms with Crippen LogP contribution in [0.4, 0.5) is 5.69 Å². The first-order valence-corrected chi connectivity index (χ1v) is 8.34. The zero-order valence-corrected chi connectivity index (χ0v) is 14.5. The van der Waals surface area contributed by atoms with Crippen LogP contribution in [0.25, 0.3) is 0 Å². The standard InChI is InChI=1S/C14H17BrN4OS/c1-8(2)13-17-14(19-18-13)21-7-12(20)16-11-5-4-10(15)6-9(11)3/h4-6,8H,7H2,1-3H3,(H,16,20)(H,17,18,19). The first-order chi connectivity index (χ1) is 9.95. The SMILES string of the molecule is Cc1cc(Br)ccc1NC(=O)CSc1n[nH]c(C(C)C)n1. The van der Waals surface area contributed by atoms with E-state index in [1.54, 1.807) is 0 Å². The largest absolute Gasteiger partial charge is 0.325 e. The fourth-order valence-electron chi connectivity index (χ4n) is 1.66. The van der Waals surface area contributed by atoms with Gasteiger partial charge in [-0.1, -0.05) is 41.5 Å². The molecule has 21 heavy (non-hydrogen) atoms.